The van der Waals surface area contributed by atoms with Crippen molar-refractivity contribution in [2.24, 2.45) is 0 Å². The molecule has 0 amide bonds. The first-order valence-electron chi connectivity index (χ1n) is 9.32. The van der Waals surface area contributed by atoms with Crippen LogP contribution in [-0.4, -0.2) is 53.9 Å². The van der Waals surface area contributed by atoms with Crippen molar-refractivity contribution in [3.8, 4) is 5.75 Å². The summed E-state index contributed by atoms with van der Waals surface area (Å²) in [6.45, 7) is 6.46. The fourth-order valence-electron chi connectivity index (χ4n) is 3.96. The first-order valence-corrected chi connectivity index (χ1v) is 10.8. The molecule has 1 spiro atoms. The summed E-state index contributed by atoms with van der Waals surface area (Å²) in [4.78, 5) is 6.96. The molecule has 3 heterocycles. The maximum atomic E-state index is 13.2. The standard InChI is InChI=1S/C20H25N3O3S/c1-16(2)23-15-20(26-18-8-3-4-9-19(18)27(23,24)25)10-12-22(14-20)13-17-7-5-6-11-21-17/h3-9,11,16H,10,12-15H2,1-2H3. The fourth-order valence-corrected chi connectivity index (χ4v) is 5.79. The van der Waals surface area contributed by atoms with Crippen molar-refractivity contribution >= 4 is 10.0 Å². The van der Waals surface area contributed by atoms with Crippen LogP contribution in [0.15, 0.2) is 53.6 Å². The van der Waals surface area contributed by atoms with Crippen LogP contribution in [0.3, 0.4) is 0 Å². The lowest BCUT2D eigenvalue weighted by atomic mass is 10.0. The number of hydrogen-bond acceptors (Lipinski definition) is 5. The van der Waals surface area contributed by atoms with Crippen LogP contribution in [0.5, 0.6) is 5.75 Å². The largest absolute Gasteiger partial charge is 0.483 e. The van der Waals surface area contributed by atoms with Gasteiger partial charge in [-0.2, -0.15) is 4.31 Å². The first kappa shape index (κ1) is 18.4. The van der Waals surface area contributed by atoms with Gasteiger partial charge in [0.25, 0.3) is 0 Å². The Labute approximate surface area is 160 Å². The Morgan fingerprint density at radius 1 is 1.15 bits per heavy atom. The Morgan fingerprint density at radius 3 is 2.67 bits per heavy atom. The average Bonchev–Trinajstić information content (AvgIpc) is 2.98. The van der Waals surface area contributed by atoms with Crippen LogP contribution in [0.2, 0.25) is 0 Å². The number of ether oxygens (including phenoxy) is 1. The van der Waals surface area contributed by atoms with E-state index in [-0.39, 0.29) is 10.9 Å². The molecule has 1 aromatic carbocycles. The molecular formula is C20H25N3O3S. The van der Waals surface area contributed by atoms with Gasteiger partial charge in [-0.3, -0.25) is 9.88 Å². The smallest absolute Gasteiger partial charge is 0.247 e. The Balaban J connectivity index is 1.66. The Bertz CT molecular complexity index is 917. The third-order valence-electron chi connectivity index (χ3n) is 5.29. The molecule has 2 aliphatic heterocycles. The van der Waals surface area contributed by atoms with Crippen LogP contribution in [0.4, 0.5) is 0 Å². The van der Waals surface area contributed by atoms with Gasteiger partial charge in [0.2, 0.25) is 10.0 Å². The Morgan fingerprint density at radius 2 is 1.93 bits per heavy atom. The van der Waals surface area contributed by atoms with Crippen molar-refractivity contribution in [1.82, 2.24) is 14.2 Å². The van der Waals surface area contributed by atoms with Crippen molar-refractivity contribution in [3.63, 3.8) is 0 Å². The van der Waals surface area contributed by atoms with Crippen LogP contribution in [-0.2, 0) is 16.6 Å². The van der Waals surface area contributed by atoms with Crippen LogP contribution < -0.4 is 4.74 Å². The highest BCUT2D eigenvalue weighted by Gasteiger charge is 2.48. The molecular weight excluding hydrogens is 362 g/mol. The van der Waals surface area contributed by atoms with Crippen LogP contribution in [0.1, 0.15) is 26.0 Å². The van der Waals surface area contributed by atoms with Crippen LogP contribution in [0.25, 0.3) is 0 Å². The van der Waals surface area contributed by atoms with Crippen molar-refractivity contribution in [2.75, 3.05) is 19.6 Å². The molecule has 0 bridgehead atoms. The van der Waals surface area contributed by atoms with E-state index in [0.29, 0.717) is 18.8 Å². The van der Waals surface area contributed by atoms with E-state index in [4.69, 9.17) is 4.74 Å². The van der Waals surface area contributed by atoms with Gasteiger partial charge >= 0.3 is 0 Å². The number of fused-ring (bicyclic) bond motifs is 1. The molecule has 144 valence electrons. The third-order valence-corrected chi connectivity index (χ3v) is 7.35. The van der Waals surface area contributed by atoms with E-state index >= 15 is 0 Å². The normalized spacial score (nSPS) is 25.3. The molecule has 2 aliphatic rings. The predicted octanol–water partition coefficient (Wildman–Crippen LogP) is 2.52. The lowest BCUT2D eigenvalue weighted by molar-refractivity contribution is 0.0531. The number of aromatic nitrogens is 1. The number of nitrogens with zero attached hydrogens (tertiary/aromatic N) is 3. The number of rotatable bonds is 3. The number of hydrogen-bond donors (Lipinski definition) is 0. The maximum absolute atomic E-state index is 13.2. The van der Waals surface area contributed by atoms with Gasteiger partial charge in [-0.25, -0.2) is 8.42 Å². The zero-order valence-electron chi connectivity index (χ0n) is 15.7. The van der Waals surface area contributed by atoms with Gasteiger partial charge in [-0.05, 0) is 38.1 Å². The van der Waals surface area contributed by atoms with Gasteiger partial charge in [-0.15, -0.1) is 0 Å². The third kappa shape index (κ3) is 3.47. The van der Waals surface area contributed by atoms with Crippen LogP contribution >= 0.6 is 0 Å². The minimum atomic E-state index is -3.58. The zero-order chi connectivity index (χ0) is 19.1. The maximum Gasteiger partial charge on any atom is 0.247 e. The monoisotopic (exact) mass is 387 g/mol. The van der Waals surface area contributed by atoms with Gasteiger partial charge < -0.3 is 4.74 Å². The summed E-state index contributed by atoms with van der Waals surface area (Å²) in [6, 6.07) is 12.8. The summed E-state index contributed by atoms with van der Waals surface area (Å²) in [7, 11) is -3.58. The van der Waals surface area contributed by atoms with E-state index in [9.17, 15) is 8.42 Å². The molecule has 27 heavy (non-hydrogen) atoms. The van der Waals surface area contributed by atoms with E-state index in [1.165, 1.54) is 0 Å². The molecule has 4 rings (SSSR count). The second-order valence-electron chi connectivity index (χ2n) is 7.66. The molecule has 1 unspecified atom stereocenters. The van der Waals surface area contributed by atoms with Crippen molar-refractivity contribution in [2.45, 2.75) is 43.4 Å². The second-order valence-corrected chi connectivity index (χ2v) is 9.52. The summed E-state index contributed by atoms with van der Waals surface area (Å²) in [5.74, 6) is 0.459. The SMILES string of the molecule is CC(C)N1CC2(CCN(Cc3ccccn3)C2)Oc2ccccc2S1(=O)=O. The summed E-state index contributed by atoms with van der Waals surface area (Å²) >= 11 is 0. The summed E-state index contributed by atoms with van der Waals surface area (Å²) in [6.07, 6.45) is 2.58. The summed E-state index contributed by atoms with van der Waals surface area (Å²) < 4.78 is 34.4. The minimum Gasteiger partial charge on any atom is -0.483 e. The van der Waals surface area contributed by atoms with E-state index in [1.807, 2.05) is 38.1 Å². The number of sulfonamides is 1. The number of pyridine rings is 1. The van der Waals surface area contributed by atoms with E-state index in [2.05, 4.69) is 9.88 Å². The number of benzene rings is 1. The molecule has 1 atom stereocenters. The summed E-state index contributed by atoms with van der Waals surface area (Å²) in [5, 5.41) is 0. The van der Waals surface area contributed by atoms with Gasteiger partial charge in [-0.1, -0.05) is 18.2 Å². The van der Waals surface area contributed by atoms with Crippen molar-refractivity contribution in [1.29, 1.82) is 0 Å². The number of likely N-dealkylation sites (tertiary alicyclic amines) is 1. The Kier molecular flexibility index (Phi) is 4.70. The molecule has 6 nitrogen and oxygen atoms in total. The lowest BCUT2D eigenvalue weighted by Gasteiger charge is -2.33. The molecule has 7 heteroatoms. The number of para-hydroxylation sites is 1. The Hall–Kier alpha value is -1.96. The lowest BCUT2D eigenvalue weighted by Crippen LogP contribution is -2.51. The first-order chi connectivity index (χ1) is 12.9. The minimum absolute atomic E-state index is 0.133. The zero-order valence-corrected chi connectivity index (χ0v) is 16.5. The molecule has 1 saturated heterocycles. The average molecular weight is 388 g/mol. The highest BCUT2D eigenvalue weighted by molar-refractivity contribution is 7.89. The van der Waals surface area contributed by atoms with Gasteiger partial charge in [0.05, 0.1) is 12.2 Å². The topological polar surface area (TPSA) is 62.7 Å². The van der Waals surface area contributed by atoms with Gasteiger partial charge in [0.15, 0.2) is 0 Å². The quantitative estimate of drug-likeness (QED) is 0.810. The van der Waals surface area contributed by atoms with E-state index in [1.54, 1.807) is 28.7 Å². The van der Waals surface area contributed by atoms with Crippen molar-refractivity contribution < 1.29 is 13.2 Å². The van der Waals surface area contributed by atoms with E-state index < -0.39 is 15.6 Å². The summed E-state index contributed by atoms with van der Waals surface area (Å²) in [5.41, 5.74) is 0.468. The molecule has 0 aliphatic carbocycles. The molecule has 0 N–H and O–H groups in total. The molecule has 2 aromatic rings. The van der Waals surface area contributed by atoms with E-state index in [0.717, 1.165) is 25.2 Å². The van der Waals surface area contributed by atoms with Crippen LogP contribution in [0, 0.1) is 0 Å². The highest BCUT2D eigenvalue weighted by Crippen LogP contribution is 2.39. The molecule has 0 radical (unpaired) electrons. The molecule has 1 fully saturated rings. The predicted molar refractivity (Wildman–Crippen MR) is 103 cm³/mol. The fraction of sp³-hybridized carbons (Fsp3) is 0.450. The van der Waals surface area contributed by atoms with Gasteiger partial charge in [0, 0.05) is 38.3 Å². The molecule has 1 aromatic heterocycles. The van der Waals surface area contributed by atoms with Gasteiger partial charge in [0.1, 0.15) is 16.2 Å². The van der Waals surface area contributed by atoms with Crippen molar-refractivity contribution in [3.05, 3.63) is 54.4 Å². The second kappa shape index (κ2) is 6.89. The molecule has 0 saturated carbocycles. The highest BCUT2D eigenvalue weighted by atomic mass is 32.2.